The minimum absolute atomic E-state index is 0.0453. The van der Waals surface area contributed by atoms with Gasteiger partial charge in [0.05, 0.1) is 13.2 Å². The fourth-order valence-corrected chi connectivity index (χ4v) is 3.44. The van der Waals surface area contributed by atoms with Gasteiger partial charge in [0, 0.05) is 31.1 Å². The summed E-state index contributed by atoms with van der Waals surface area (Å²) in [6, 6.07) is 3.35. The third-order valence-corrected chi connectivity index (χ3v) is 5.04. The second-order valence-electron chi connectivity index (χ2n) is 5.90. The monoisotopic (exact) mass is 338 g/mol. The maximum Gasteiger partial charge on any atom is 0.259 e. The number of likely N-dealkylation sites (N-methyl/N-ethyl adjacent to an activating group) is 1. The predicted molar refractivity (Wildman–Crippen MR) is 86.7 cm³/mol. The minimum Gasteiger partial charge on any atom is -0.369 e. The average Bonchev–Trinajstić information content (AvgIpc) is 3.04. The van der Waals surface area contributed by atoms with Crippen LogP contribution in [0.3, 0.4) is 0 Å². The Morgan fingerprint density at radius 3 is 2.87 bits per heavy atom. The summed E-state index contributed by atoms with van der Waals surface area (Å²) in [5, 5.41) is 3.89. The van der Waals surface area contributed by atoms with Gasteiger partial charge < -0.3 is 14.5 Å². The third kappa shape index (κ3) is 4.08. The molecular formula is C15H22N4O3S. The van der Waals surface area contributed by atoms with E-state index >= 15 is 0 Å². The average molecular weight is 338 g/mol. The topological polar surface area (TPSA) is 65.1 Å². The summed E-state index contributed by atoms with van der Waals surface area (Å²) in [5.74, 6) is -0.303. The number of rotatable bonds is 4. The van der Waals surface area contributed by atoms with Crippen LogP contribution in [0.15, 0.2) is 17.5 Å². The van der Waals surface area contributed by atoms with Crippen molar-refractivity contribution in [2.24, 2.45) is 0 Å². The van der Waals surface area contributed by atoms with Crippen LogP contribution in [0.2, 0.25) is 0 Å². The number of hydrazine groups is 1. The zero-order valence-corrected chi connectivity index (χ0v) is 14.1. The molecule has 8 heteroatoms. The van der Waals surface area contributed by atoms with Crippen LogP contribution in [0.1, 0.15) is 4.88 Å². The maximum absolute atomic E-state index is 12.6. The van der Waals surface area contributed by atoms with E-state index in [0.717, 1.165) is 31.1 Å². The van der Waals surface area contributed by atoms with Gasteiger partial charge in [0.15, 0.2) is 0 Å². The van der Waals surface area contributed by atoms with E-state index in [-0.39, 0.29) is 25.0 Å². The van der Waals surface area contributed by atoms with E-state index in [1.165, 1.54) is 0 Å². The van der Waals surface area contributed by atoms with Gasteiger partial charge in [0.1, 0.15) is 12.6 Å². The molecule has 1 aromatic heterocycles. The molecule has 2 amide bonds. The summed E-state index contributed by atoms with van der Waals surface area (Å²) < 4.78 is 5.30. The van der Waals surface area contributed by atoms with Gasteiger partial charge in [-0.25, -0.2) is 5.01 Å². The summed E-state index contributed by atoms with van der Waals surface area (Å²) in [6.45, 7) is 4.16. The Kier molecular flexibility index (Phi) is 5.27. The molecule has 0 spiro atoms. The van der Waals surface area contributed by atoms with E-state index < -0.39 is 6.04 Å². The van der Waals surface area contributed by atoms with Crippen LogP contribution in [0.25, 0.3) is 0 Å². The molecule has 1 unspecified atom stereocenters. The zero-order chi connectivity index (χ0) is 16.2. The van der Waals surface area contributed by atoms with Gasteiger partial charge in [-0.2, -0.15) is 0 Å². The molecule has 1 aromatic rings. The first kappa shape index (κ1) is 16.4. The van der Waals surface area contributed by atoms with Crippen molar-refractivity contribution in [2.75, 3.05) is 46.4 Å². The van der Waals surface area contributed by atoms with Crippen molar-refractivity contribution in [3.63, 3.8) is 0 Å². The molecular weight excluding hydrogens is 316 g/mol. The van der Waals surface area contributed by atoms with Crippen molar-refractivity contribution < 1.29 is 14.3 Å². The van der Waals surface area contributed by atoms with Crippen LogP contribution in [0.5, 0.6) is 0 Å². The second kappa shape index (κ2) is 7.39. The number of hydrogen-bond acceptors (Lipinski definition) is 6. The summed E-state index contributed by atoms with van der Waals surface area (Å²) in [5.41, 5.74) is 2.94. The van der Waals surface area contributed by atoms with Gasteiger partial charge in [-0.1, -0.05) is 6.07 Å². The van der Waals surface area contributed by atoms with E-state index in [4.69, 9.17) is 4.74 Å². The zero-order valence-electron chi connectivity index (χ0n) is 13.2. The molecule has 2 saturated heterocycles. The molecule has 1 N–H and O–H groups in total. The number of carbonyl (C=O) groups is 2. The van der Waals surface area contributed by atoms with Crippen molar-refractivity contribution in [3.8, 4) is 0 Å². The molecule has 2 fully saturated rings. The number of morpholine rings is 1. The first-order valence-corrected chi connectivity index (χ1v) is 8.65. The van der Waals surface area contributed by atoms with Crippen LogP contribution >= 0.6 is 11.3 Å². The highest BCUT2D eigenvalue weighted by Crippen LogP contribution is 2.17. The smallest absolute Gasteiger partial charge is 0.259 e. The van der Waals surface area contributed by atoms with E-state index in [0.29, 0.717) is 6.54 Å². The first-order valence-electron chi connectivity index (χ1n) is 7.77. The first-order chi connectivity index (χ1) is 11.1. The highest BCUT2D eigenvalue weighted by atomic mass is 32.1. The van der Waals surface area contributed by atoms with Gasteiger partial charge >= 0.3 is 0 Å². The van der Waals surface area contributed by atoms with Gasteiger partial charge in [0.25, 0.3) is 5.91 Å². The summed E-state index contributed by atoms with van der Waals surface area (Å²) in [6.07, 6.45) is 0. The molecule has 0 aliphatic carbocycles. The SMILES string of the molecule is CN1CCN(NC(=O)C2COCC(=O)N2Cc2cccs2)CC1. The summed E-state index contributed by atoms with van der Waals surface area (Å²) in [7, 11) is 2.07. The van der Waals surface area contributed by atoms with Crippen LogP contribution in [0.4, 0.5) is 0 Å². The molecule has 3 rings (SSSR count). The predicted octanol–water partition coefficient (Wildman–Crippen LogP) is -0.246. The standard InChI is InChI=1S/C15H22N4O3S/c1-17-4-6-18(7-5-17)16-15(21)13-10-22-11-14(20)19(13)9-12-3-2-8-23-12/h2-3,8,13H,4-7,9-11H2,1H3,(H,16,21). The highest BCUT2D eigenvalue weighted by Gasteiger charge is 2.35. The summed E-state index contributed by atoms with van der Waals surface area (Å²) >= 11 is 1.59. The molecule has 3 heterocycles. The minimum atomic E-state index is -0.571. The van der Waals surface area contributed by atoms with Gasteiger partial charge in [0.2, 0.25) is 5.91 Å². The van der Waals surface area contributed by atoms with E-state index in [1.54, 1.807) is 16.2 Å². The van der Waals surface area contributed by atoms with E-state index in [9.17, 15) is 9.59 Å². The van der Waals surface area contributed by atoms with Crippen molar-refractivity contribution in [1.29, 1.82) is 0 Å². The molecule has 2 aliphatic rings. The van der Waals surface area contributed by atoms with Crippen LogP contribution < -0.4 is 5.43 Å². The number of ether oxygens (including phenoxy) is 1. The molecule has 2 aliphatic heterocycles. The lowest BCUT2D eigenvalue weighted by Gasteiger charge is -2.37. The second-order valence-corrected chi connectivity index (χ2v) is 6.93. The Bertz CT molecular complexity index is 543. The quantitative estimate of drug-likeness (QED) is 0.820. The van der Waals surface area contributed by atoms with Crippen molar-refractivity contribution >= 4 is 23.2 Å². The van der Waals surface area contributed by atoms with E-state index in [2.05, 4.69) is 17.4 Å². The van der Waals surface area contributed by atoms with Crippen LogP contribution in [-0.2, 0) is 20.9 Å². The normalized spacial score (nSPS) is 24.0. The Labute approximate surface area is 139 Å². The van der Waals surface area contributed by atoms with Crippen LogP contribution in [-0.4, -0.2) is 79.1 Å². The molecule has 0 radical (unpaired) electrons. The van der Waals surface area contributed by atoms with Crippen molar-refractivity contribution in [3.05, 3.63) is 22.4 Å². The summed E-state index contributed by atoms with van der Waals surface area (Å²) in [4.78, 5) is 29.7. The number of nitrogens with one attached hydrogen (secondary N) is 1. The Balaban J connectivity index is 1.63. The van der Waals surface area contributed by atoms with Crippen molar-refractivity contribution in [1.82, 2.24) is 20.2 Å². The number of nitrogens with zero attached hydrogens (tertiary/aromatic N) is 3. The molecule has 0 bridgehead atoms. The fourth-order valence-electron chi connectivity index (χ4n) is 2.74. The third-order valence-electron chi connectivity index (χ3n) is 4.18. The number of amides is 2. The Morgan fingerprint density at radius 2 is 2.17 bits per heavy atom. The highest BCUT2D eigenvalue weighted by molar-refractivity contribution is 7.09. The lowest BCUT2D eigenvalue weighted by molar-refractivity contribution is -0.157. The lowest BCUT2D eigenvalue weighted by Crippen LogP contribution is -2.60. The van der Waals surface area contributed by atoms with Gasteiger partial charge in [-0.3, -0.25) is 15.0 Å². The van der Waals surface area contributed by atoms with Gasteiger partial charge in [-0.05, 0) is 18.5 Å². The lowest BCUT2D eigenvalue weighted by atomic mass is 10.2. The number of carbonyl (C=O) groups excluding carboxylic acids is 2. The van der Waals surface area contributed by atoms with Crippen LogP contribution in [0, 0.1) is 0 Å². The Hall–Kier alpha value is -1.48. The van der Waals surface area contributed by atoms with Gasteiger partial charge in [-0.15, -0.1) is 11.3 Å². The maximum atomic E-state index is 12.6. The molecule has 126 valence electrons. The number of piperazine rings is 1. The molecule has 0 saturated carbocycles. The fraction of sp³-hybridized carbons (Fsp3) is 0.600. The molecule has 0 aromatic carbocycles. The van der Waals surface area contributed by atoms with E-state index in [1.807, 2.05) is 22.5 Å². The number of thiophene rings is 1. The molecule has 7 nitrogen and oxygen atoms in total. The number of hydrogen-bond donors (Lipinski definition) is 1. The molecule has 23 heavy (non-hydrogen) atoms. The Morgan fingerprint density at radius 1 is 1.39 bits per heavy atom. The molecule has 1 atom stereocenters. The van der Waals surface area contributed by atoms with Crippen molar-refractivity contribution in [2.45, 2.75) is 12.6 Å². The largest absolute Gasteiger partial charge is 0.369 e.